The van der Waals surface area contributed by atoms with Crippen molar-refractivity contribution in [3.05, 3.63) is 12.2 Å². The number of rotatable bonds is 2. The van der Waals surface area contributed by atoms with E-state index in [1.807, 2.05) is 12.2 Å². The maximum Gasteiger partial charge on any atom is 0.324 e. The fourth-order valence-corrected chi connectivity index (χ4v) is 2.00. The van der Waals surface area contributed by atoms with E-state index in [-0.39, 0.29) is 0 Å². The van der Waals surface area contributed by atoms with E-state index >= 15 is 0 Å². The molecule has 2 aliphatic rings. The molecule has 0 radical (unpaired) electrons. The summed E-state index contributed by atoms with van der Waals surface area (Å²) in [6.45, 7) is 1.62. The Morgan fingerprint density at radius 2 is 1.92 bits per heavy atom. The van der Waals surface area contributed by atoms with Crippen molar-refractivity contribution in [2.24, 2.45) is 0 Å². The number of hydrogen-bond acceptors (Lipinski definition) is 2. The Morgan fingerprint density at radius 1 is 1.33 bits per heavy atom. The topological polar surface area (TPSA) is 40.5 Å². The minimum Gasteiger partial charge on any atom is -0.480 e. The van der Waals surface area contributed by atoms with Crippen LogP contribution >= 0.6 is 0 Å². The van der Waals surface area contributed by atoms with Gasteiger partial charge in [-0.3, -0.25) is 9.69 Å². The van der Waals surface area contributed by atoms with Crippen molar-refractivity contribution in [1.82, 2.24) is 4.90 Å². The van der Waals surface area contributed by atoms with Gasteiger partial charge in [-0.1, -0.05) is 12.2 Å². The van der Waals surface area contributed by atoms with Crippen molar-refractivity contribution in [3.63, 3.8) is 0 Å². The fourth-order valence-electron chi connectivity index (χ4n) is 2.00. The highest BCUT2D eigenvalue weighted by molar-refractivity contribution is 5.80. The number of nitrogens with zero attached hydrogens (tertiary/aromatic N) is 1. The first kappa shape index (κ1) is 7.80. The molecule has 1 fully saturated rings. The van der Waals surface area contributed by atoms with Gasteiger partial charge in [-0.15, -0.1) is 0 Å². The lowest BCUT2D eigenvalue weighted by atomic mass is 9.75. The third-order valence-electron chi connectivity index (χ3n) is 3.00. The summed E-state index contributed by atoms with van der Waals surface area (Å²) < 4.78 is 0. The molecule has 0 aromatic carbocycles. The van der Waals surface area contributed by atoms with E-state index in [1.165, 1.54) is 0 Å². The second-order valence-electron chi connectivity index (χ2n) is 3.57. The Hall–Kier alpha value is -0.830. The zero-order chi connectivity index (χ0) is 8.60. The van der Waals surface area contributed by atoms with Crippen LogP contribution in [-0.4, -0.2) is 34.6 Å². The molecule has 0 spiro atoms. The van der Waals surface area contributed by atoms with E-state index in [2.05, 4.69) is 4.90 Å². The van der Waals surface area contributed by atoms with E-state index in [4.69, 9.17) is 5.11 Å². The molecule has 0 aromatic rings. The van der Waals surface area contributed by atoms with Gasteiger partial charge in [0, 0.05) is 13.1 Å². The highest BCUT2D eigenvalue weighted by Gasteiger charge is 2.49. The summed E-state index contributed by atoms with van der Waals surface area (Å²) >= 11 is 0. The smallest absolute Gasteiger partial charge is 0.324 e. The van der Waals surface area contributed by atoms with Gasteiger partial charge in [0.25, 0.3) is 0 Å². The third-order valence-corrected chi connectivity index (χ3v) is 3.00. The molecule has 2 rings (SSSR count). The van der Waals surface area contributed by atoms with Crippen LogP contribution in [0.4, 0.5) is 0 Å². The van der Waals surface area contributed by atoms with E-state index in [0.717, 1.165) is 32.4 Å². The van der Waals surface area contributed by atoms with E-state index in [1.54, 1.807) is 0 Å². The molecule has 0 unspecified atom stereocenters. The lowest BCUT2D eigenvalue weighted by molar-refractivity contribution is -0.157. The third kappa shape index (κ3) is 0.894. The second kappa shape index (κ2) is 2.59. The molecule has 0 saturated heterocycles. The van der Waals surface area contributed by atoms with Gasteiger partial charge in [0.2, 0.25) is 0 Å². The molecular weight excluding hydrogens is 154 g/mol. The van der Waals surface area contributed by atoms with Crippen molar-refractivity contribution >= 4 is 5.97 Å². The van der Waals surface area contributed by atoms with Crippen LogP contribution < -0.4 is 0 Å². The highest BCUT2D eigenvalue weighted by atomic mass is 16.4. The Bertz CT molecular complexity index is 223. The normalized spacial score (nSPS) is 27.0. The molecule has 0 bridgehead atoms. The summed E-state index contributed by atoms with van der Waals surface area (Å²) in [7, 11) is 0. The van der Waals surface area contributed by atoms with Crippen molar-refractivity contribution < 1.29 is 9.90 Å². The molecule has 1 aliphatic heterocycles. The Kier molecular flexibility index (Phi) is 1.68. The molecular formula is C9H13NO2. The van der Waals surface area contributed by atoms with Gasteiger partial charge in [0.15, 0.2) is 0 Å². The van der Waals surface area contributed by atoms with Crippen LogP contribution in [0.3, 0.4) is 0 Å². The number of carbonyl (C=O) groups is 1. The van der Waals surface area contributed by atoms with Gasteiger partial charge in [0.1, 0.15) is 5.54 Å². The summed E-state index contributed by atoms with van der Waals surface area (Å²) in [6, 6.07) is 0. The van der Waals surface area contributed by atoms with E-state index < -0.39 is 11.5 Å². The Balaban J connectivity index is 2.11. The van der Waals surface area contributed by atoms with Gasteiger partial charge >= 0.3 is 5.97 Å². The van der Waals surface area contributed by atoms with Gasteiger partial charge in [-0.05, 0) is 19.3 Å². The number of carboxylic acid groups (broad SMARTS) is 1. The first-order valence-corrected chi connectivity index (χ1v) is 4.39. The monoisotopic (exact) mass is 167 g/mol. The van der Waals surface area contributed by atoms with Crippen molar-refractivity contribution in [1.29, 1.82) is 0 Å². The maximum atomic E-state index is 11.0. The molecule has 1 heterocycles. The minimum atomic E-state index is -0.641. The highest BCUT2D eigenvalue weighted by Crippen LogP contribution is 2.38. The van der Waals surface area contributed by atoms with Gasteiger partial charge in [0.05, 0.1) is 0 Å². The van der Waals surface area contributed by atoms with Crippen LogP contribution in [0.2, 0.25) is 0 Å². The average molecular weight is 167 g/mol. The largest absolute Gasteiger partial charge is 0.480 e. The molecule has 1 aliphatic carbocycles. The molecule has 12 heavy (non-hydrogen) atoms. The summed E-state index contributed by atoms with van der Waals surface area (Å²) in [5.74, 6) is -0.641. The van der Waals surface area contributed by atoms with Crippen molar-refractivity contribution in [2.75, 3.05) is 13.1 Å². The molecule has 0 amide bonds. The van der Waals surface area contributed by atoms with Crippen molar-refractivity contribution in [2.45, 2.75) is 24.8 Å². The molecule has 3 nitrogen and oxygen atoms in total. The van der Waals surface area contributed by atoms with E-state index in [0.29, 0.717) is 0 Å². The van der Waals surface area contributed by atoms with Crippen LogP contribution in [-0.2, 0) is 4.79 Å². The summed E-state index contributed by atoms with van der Waals surface area (Å²) in [4.78, 5) is 13.1. The predicted molar refractivity (Wildman–Crippen MR) is 44.9 cm³/mol. The van der Waals surface area contributed by atoms with Gasteiger partial charge in [-0.2, -0.15) is 0 Å². The number of carboxylic acids is 1. The summed E-state index contributed by atoms with van der Waals surface area (Å²) in [5.41, 5.74) is -0.510. The molecule has 0 aromatic heterocycles. The first-order chi connectivity index (χ1) is 5.76. The SMILES string of the molecule is O=C(O)C1(N2CC=CC2)CCC1. The summed E-state index contributed by atoms with van der Waals surface area (Å²) in [6.07, 6.45) is 6.79. The zero-order valence-corrected chi connectivity index (χ0v) is 6.99. The standard InChI is InChI=1S/C9H13NO2/c11-8(12)9(4-3-5-9)10-6-1-2-7-10/h1-2H,3-7H2,(H,11,12). The van der Waals surface area contributed by atoms with E-state index in [9.17, 15) is 4.79 Å². The van der Waals surface area contributed by atoms with Crippen LogP contribution in [0.15, 0.2) is 12.2 Å². The van der Waals surface area contributed by atoms with Gasteiger partial charge < -0.3 is 5.11 Å². The van der Waals surface area contributed by atoms with Crippen LogP contribution in [0.5, 0.6) is 0 Å². The molecule has 1 N–H and O–H groups in total. The Labute approximate surface area is 71.7 Å². The van der Waals surface area contributed by atoms with Crippen LogP contribution in [0.1, 0.15) is 19.3 Å². The first-order valence-electron chi connectivity index (χ1n) is 4.39. The van der Waals surface area contributed by atoms with Crippen molar-refractivity contribution in [3.8, 4) is 0 Å². The second-order valence-corrected chi connectivity index (χ2v) is 3.57. The molecule has 0 atom stereocenters. The summed E-state index contributed by atoms with van der Waals surface area (Å²) in [5, 5.41) is 9.07. The lowest BCUT2D eigenvalue weighted by Gasteiger charge is -2.44. The van der Waals surface area contributed by atoms with Crippen LogP contribution in [0.25, 0.3) is 0 Å². The van der Waals surface area contributed by atoms with Gasteiger partial charge in [-0.25, -0.2) is 0 Å². The molecule has 3 heteroatoms. The molecule has 66 valence electrons. The average Bonchev–Trinajstić information content (AvgIpc) is 2.35. The number of aliphatic carboxylic acids is 1. The maximum absolute atomic E-state index is 11.0. The predicted octanol–water partition coefficient (Wildman–Crippen LogP) is 0.865. The Morgan fingerprint density at radius 3 is 2.25 bits per heavy atom. The zero-order valence-electron chi connectivity index (χ0n) is 6.99. The minimum absolute atomic E-state index is 0.510. The number of hydrogen-bond donors (Lipinski definition) is 1. The van der Waals surface area contributed by atoms with Crippen LogP contribution in [0, 0.1) is 0 Å². The quantitative estimate of drug-likeness (QED) is 0.620. The lowest BCUT2D eigenvalue weighted by Crippen LogP contribution is -2.58. The molecule has 1 saturated carbocycles. The fraction of sp³-hybridized carbons (Fsp3) is 0.667.